The summed E-state index contributed by atoms with van der Waals surface area (Å²) in [5.74, 6) is -1.59. The first kappa shape index (κ1) is 20.8. The Morgan fingerprint density at radius 3 is 2.59 bits per heavy atom. The van der Waals surface area contributed by atoms with Gasteiger partial charge in [-0.3, -0.25) is 9.59 Å². The van der Waals surface area contributed by atoms with Crippen molar-refractivity contribution in [3.05, 3.63) is 85.7 Å². The smallest absolute Gasteiger partial charge is 0.363 e. The van der Waals surface area contributed by atoms with Crippen molar-refractivity contribution in [3.63, 3.8) is 0 Å². The highest BCUT2D eigenvalue weighted by Gasteiger charge is 2.18. The van der Waals surface area contributed by atoms with Gasteiger partial charge >= 0.3 is 5.97 Å². The zero-order valence-corrected chi connectivity index (χ0v) is 17.5. The normalized spacial score (nSPS) is 10.4. The summed E-state index contributed by atoms with van der Waals surface area (Å²) in [5.41, 5.74) is 0.614. The van der Waals surface area contributed by atoms with E-state index in [0.717, 1.165) is 4.47 Å². The number of hydrogen-bond donors (Lipinski definition) is 1. The maximum atomic E-state index is 12.3. The van der Waals surface area contributed by atoms with E-state index in [9.17, 15) is 14.4 Å². The van der Waals surface area contributed by atoms with Crippen molar-refractivity contribution in [1.29, 1.82) is 0 Å². The van der Waals surface area contributed by atoms with E-state index in [1.54, 1.807) is 37.3 Å². The number of ether oxygens (including phenoxy) is 1. The molecule has 0 aliphatic carbocycles. The van der Waals surface area contributed by atoms with Gasteiger partial charge in [-0.2, -0.15) is 5.10 Å². The van der Waals surface area contributed by atoms with E-state index in [1.165, 1.54) is 10.7 Å². The first-order chi connectivity index (χ1) is 13.8. The molecule has 0 unspecified atom stereocenters. The standard InChI is InChI=1S/C20H15BrClN3O4/c1-12-9-17(26)19(24-25(12)14-5-3-2-4-6-14)20(28)29-11-18(27)23-16-8-7-13(21)10-15(16)22/h2-10H,11H2,1H3,(H,23,27). The molecule has 148 valence electrons. The lowest BCUT2D eigenvalue weighted by Gasteiger charge is -2.11. The van der Waals surface area contributed by atoms with Gasteiger partial charge in [-0.15, -0.1) is 0 Å². The van der Waals surface area contributed by atoms with Crippen LogP contribution in [0.2, 0.25) is 5.02 Å². The summed E-state index contributed by atoms with van der Waals surface area (Å²) in [5, 5.41) is 6.96. The molecule has 7 nitrogen and oxygen atoms in total. The predicted octanol–water partition coefficient (Wildman–Crippen LogP) is 3.75. The van der Waals surface area contributed by atoms with E-state index in [0.29, 0.717) is 22.1 Å². The second-order valence-electron chi connectivity index (χ2n) is 5.99. The van der Waals surface area contributed by atoms with Crippen LogP contribution < -0.4 is 10.7 Å². The maximum absolute atomic E-state index is 12.3. The third kappa shape index (κ3) is 5.10. The number of amides is 1. The second kappa shape index (κ2) is 9.02. The van der Waals surface area contributed by atoms with Crippen LogP contribution in [0.3, 0.4) is 0 Å². The minimum absolute atomic E-state index is 0.324. The highest BCUT2D eigenvalue weighted by molar-refractivity contribution is 9.10. The van der Waals surface area contributed by atoms with Crippen LogP contribution in [0.5, 0.6) is 0 Å². The molecular formula is C20H15BrClN3O4. The Kier molecular flexibility index (Phi) is 6.46. The summed E-state index contributed by atoms with van der Waals surface area (Å²) >= 11 is 9.30. The number of carbonyl (C=O) groups excluding carboxylic acids is 2. The Hall–Kier alpha value is -2.97. The maximum Gasteiger partial charge on any atom is 0.363 e. The number of esters is 1. The van der Waals surface area contributed by atoms with E-state index in [1.807, 2.05) is 18.2 Å². The molecule has 1 aromatic heterocycles. The number of aryl methyl sites for hydroxylation is 1. The fourth-order valence-corrected chi connectivity index (χ4v) is 3.22. The Bertz CT molecular complexity index is 1130. The van der Waals surface area contributed by atoms with Gasteiger partial charge in [-0.25, -0.2) is 9.48 Å². The number of nitrogens with one attached hydrogen (secondary N) is 1. The number of benzene rings is 2. The number of anilines is 1. The first-order valence-corrected chi connectivity index (χ1v) is 9.60. The zero-order valence-electron chi connectivity index (χ0n) is 15.2. The van der Waals surface area contributed by atoms with Crippen molar-refractivity contribution in [3.8, 4) is 5.69 Å². The zero-order chi connectivity index (χ0) is 21.0. The van der Waals surface area contributed by atoms with E-state index in [-0.39, 0.29) is 0 Å². The van der Waals surface area contributed by atoms with E-state index in [4.69, 9.17) is 16.3 Å². The predicted molar refractivity (Wildman–Crippen MR) is 113 cm³/mol. The summed E-state index contributed by atoms with van der Waals surface area (Å²) in [6.45, 7) is 1.11. The van der Waals surface area contributed by atoms with Gasteiger partial charge in [0.05, 0.1) is 16.4 Å². The Morgan fingerprint density at radius 2 is 1.90 bits per heavy atom. The highest BCUT2D eigenvalue weighted by atomic mass is 79.9. The van der Waals surface area contributed by atoms with Crippen LogP contribution in [0.25, 0.3) is 5.69 Å². The minimum atomic E-state index is -0.989. The van der Waals surface area contributed by atoms with Gasteiger partial charge in [0, 0.05) is 16.2 Å². The van der Waals surface area contributed by atoms with Crippen LogP contribution in [0.4, 0.5) is 5.69 Å². The molecule has 1 N–H and O–H groups in total. The van der Waals surface area contributed by atoms with Gasteiger partial charge in [0.25, 0.3) is 5.91 Å². The van der Waals surface area contributed by atoms with E-state index < -0.39 is 29.6 Å². The molecule has 0 saturated heterocycles. The van der Waals surface area contributed by atoms with Crippen molar-refractivity contribution in [2.24, 2.45) is 0 Å². The lowest BCUT2D eigenvalue weighted by Crippen LogP contribution is -2.27. The van der Waals surface area contributed by atoms with Gasteiger partial charge in [0.1, 0.15) is 0 Å². The van der Waals surface area contributed by atoms with Crippen LogP contribution in [0.1, 0.15) is 16.2 Å². The fourth-order valence-electron chi connectivity index (χ4n) is 2.50. The number of carbonyl (C=O) groups is 2. The third-order valence-electron chi connectivity index (χ3n) is 3.84. The van der Waals surface area contributed by atoms with Gasteiger partial charge < -0.3 is 10.1 Å². The average molecular weight is 477 g/mol. The molecule has 1 amide bonds. The molecule has 0 spiro atoms. The Morgan fingerprint density at radius 1 is 1.17 bits per heavy atom. The van der Waals surface area contributed by atoms with Crippen LogP contribution >= 0.6 is 27.5 Å². The fraction of sp³-hybridized carbons (Fsp3) is 0.100. The Balaban J connectivity index is 1.72. The number of para-hydroxylation sites is 1. The molecule has 29 heavy (non-hydrogen) atoms. The summed E-state index contributed by atoms with van der Waals surface area (Å²) in [6.07, 6.45) is 0. The van der Waals surface area contributed by atoms with Crippen molar-refractivity contribution in [2.45, 2.75) is 6.92 Å². The highest BCUT2D eigenvalue weighted by Crippen LogP contribution is 2.25. The average Bonchev–Trinajstić information content (AvgIpc) is 2.69. The summed E-state index contributed by atoms with van der Waals surface area (Å²) < 4.78 is 7.17. The Labute approximate surface area is 179 Å². The summed E-state index contributed by atoms with van der Waals surface area (Å²) in [6, 6.07) is 15.2. The number of rotatable bonds is 5. The van der Waals surface area contributed by atoms with Crippen LogP contribution in [0.15, 0.2) is 63.9 Å². The van der Waals surface area contributed by atoms with Crippen molar-refractivity contribution < 1.29 is 14.3 Å². The lowest BCUT2D eigenvalue weighted by molar-refractivity contribution is -0.119. The van der Waals surface area contributed by atoms with Crippen LogP contribution in [0, 0.1) is 6.92 Å². The molecule has 0 bridgehead atoms. The molecule has 2 aromatic carbocycles. The molecular weight excluding hydrogens is 462 g/mol. The summed E-state index contributed by atoms with van der Waals surface area (Å²) in [4.78, 5) is 36.5. The van der Waals surface area contributed by atoms with Gasteiger partial charge in [-0.1, -0.05) is 45.7 Å². The monoisotopic (exact) mass is 475 g/mol. The number of aromatic nitrogens is 2. The van der Waals surface area contributed by atoms with Crippen LogP contribution in [-0.4, -0.2) is 28.3 Å². The van der Waals surface area contributed by atoms with Gasteiger partial charge in [0.15, 0.2) is 6.61 Å². The lowest BCUT2D eigenvalue weighted by atomic mass is 10.3. The van der Waals surface area contributed by atoms with Crippen LogP contribution in [-0.2, 0) is 9.53 Å². The molecule has 1 heterocycles. The van der Waals surface area contributed by atoms with E-state index >= 15 is 0 Å². The molecule has 9 heteroatoms. The number of nitrogens with zero attached hydrogens (tertiary/aromatic N) is 2. The number of hydrogen-bond acceptors (Lipinski definition) is 5. The first-order valence-electron chi connectivity index (χ1n) is 8.43. The van der Waals surface area contributed by atoms with Gasteiger partial charge in [0.2, 0.25) is 11.1 Å². The SMILES string of the molecule is Cc1cc(=O)c(C(=O)OCC(=O)Nc2ccc(Br)cc2Cl)nn1-c1ccccc1. The number of halogens is 2. The minimum Gasteiger partial charge on any atom is -0.451 e. The molecule has 3 rings (SSSR count). The molecule has 0 aliphatic heterocycles. The molecule has 3 aromatic rings. The van der Waals surface area contributed by atoms with E-state index in [2.05, 4.69) is 26.3 Å². The second-order valence-corrected chi connectivity index (χ2v) is 7.32. The molecule has 0 atom stereocenters. The quantitative estimate of drug-likeness (QED) is 0.566. The van der Waals surface area contributed by atoms with Gasteiger partial charge in [-0.05, 0) is 37.3 Å². The largest absolute Gasteiger partial charge is 0.451 e. The molecule has 0 fully saturated rings. The third-order valence-corrected chi connectivity index (χ3v) is 4.65. The van der Waals surface area contributed by atoms with Crippen molar-refractivity contribution in [2.75, 3.05) is 11.9 Å². The molecule has 0 aliphatic rings. The molecule has 0 saturated carbocycles. The summed E-state index contributed by atoms with van der Waals surface area (Å²) in [7, 11) is 0. The van der Waals surface area contributed by atoms with Crippen molar-refractivity contribution >= 4 is 45.1 Å². The van der Waals surface area contributed by atoms with Crippen molar-refractivity contribution in [1.82, 2.24) is 9.78 Å². The molecule has 0 radical (unpaired) electrons. The topological polar surface area (TPSA) is 90.3 Å².